The number of halogens is 12. The molecule has 2 N–H and O–H groups in total. The highest BCUT2D eigenvalue weighted by molar-refractivity contribution is 4.83. The molecule has 0 aromatic heterocycles. The molecule has 0 aromatic rings. The fraction of sp³-hybridized carbons (Fsp3) is 1.00. The van der Waals surface area contributed by atoms with Gasteiger partial charge in [-0.2, -0.15) is 35.1 Å². The Hall–Kier alpha value is -1.08. The highest BCUT2D eigenvalue weighted by Crippen LogP contribution is 2.42. The molecule has 0 aromatic carbocycles. The van der Waals surface area contributed by atoms with Gasteiger partial charge in [0.2, 0.25) is 0 Å². The van der Waals surface area contributed by atoms with E-state index in [0.29, 0.717) is 0 Å². The molecule has 0 amide bonds. The van der Waals surface area contributed by atoms with Crippen LogP contribution in [0.3, 0.4) is 0 Å². The van der Waals surface area contributed by atoms with E-state index in [0.717, 1.165) is 0 Å². The molecule has 39 heavy (non-hydrogen) atoms. The summed E-state index contributed by atoms with van der Waals surface area (Å²) in [7, 11) is 0. The lowest BCUT2D eigenvalue weighted by molar-refractivity contribution is -0.303. The number of ether oxygens (including phenoxy) is 4. The third kappa shape index (κ3) is 17.4. The summed E-state index contributed by atoms with van der Waals surface area (Å²) in [4.78, 5) is 0. The fourth-order valence-corrected chi connectivity index (χ4v) is 2.75. The molecule has 6 nitrogen and oxygen atoms in total. The first-order valence-electron chi connectivity index (χ1n) is 11.4. The summed E-state index contributed by atoms with van der Waals surface area (Å²) in [5.74, 6) is -15.1. The maximum Gasteiger partial charge on any atom is 0.453 e. The second kappa shape index (κ2) is 15.8. The van der Waals surface area contributed by atoms with E-state index in [9.17, 15) is 62.9 Å². The standard InChI is InChI=1S/C21H32F12O6/c1-16(11-35,12-37-3-2-17(22,23)10-20(28,29)30)13-38-5-4-36-7-15(6-34)8-39-14-18(24,25)9-19(26,27)21(31,32)33/h15,34-35H,2-14H2,1H3. The van der Waals surface area contributed by atoms with Crippen molar-refractivity contribution in [1.82, 2.24) is 0 Å². The Morgan fingerprint density at radius 1 is 0.615 bits per heavy atom. The van der Waals surface area contributed by atoms with Gasteiger partial charge in [0, 0.05) is 17.8 Å². The van der Waals surface area contributed by atoms with Crippen LogP contribution in [0.1, 0.15) is 26.2 Å². The molecule has 0 aliphatic heterocycles. The van der Waals surface area contributed by atoms with Crippen LogP contribution >= 0.6 is 0 Å². The van der Waals surface area contributed by atoms with Crippen molar-refractivity contribution in [2.45, 2.75) is 56.3 Å². The second-order valence-corrected chi connectivity index (χ2v) is 9.35. The summed E-state index contributed by atoms with van der Waals surface area (Å²) in [5.41, 5.74) is -1.10. The molecule has 0 aliphatic rings. The van der Waals surface area contributed by atoms with Crippen molar-refractivity contribution in [2.24, 2.45) is 11.3 Å². The molecule has 2 atom stereocenters. The molecule has 0 bridgehead atoms. The van der Waals surface area contributed by atoms with Gasteiger partial charge in [-0.1, -0.05) is 6.92 Å². The molecule has 0 radical (unpaired) electrons. The van der Waals surface area contributed by atoms with Crippen LogP contribution in [0.5, 0.6) is 0 Å². The zero-order valence-electron chi connectivity index (χ0n) is 20.8. The lowest BCUT2D eigenvalue weighted by Gasteiger charge is -2.27. The summed E-state index contributed by atoms with van der Waals surface area (Å²) in [6.45, 7) is -3.91. The van der Waals surface area contributed by atoms with E-state index in [1.165, 1.54) is 6.92 Å². The van der Waals surface area contributed by atoms with Crippen LogP contribution < -0.4 is 0 Å². The van der Waals surface area contributed by atoms with Gasteiger partial charge in [0.25, 0.3) is 11.8 Å². The monoisotopic (exact) mass is 608 g/mol. The molecule has 2 unspecified atom stereocenters. The topological polar surface area (TPSA) is 77.4 Å². The fourth-order valence-electron chi connectivity index (χ4n) is 2.75. The third-order valence-corrected chi connectivity index (χ3v) is 4.90. The van der Waals surface area contributed by atoms with Crippen molar-refractivity contribution in [1.29, 1.82) is 0 Å². The highest BCUT2D eigenvalue weighted by atomic mass is 19.4. The van der Waals surface area contributed by atoms with E-state index < -0.39 is 93.7 Å². The van der Waals surface area contributed by atoms with E-state index in [4.69, 9.17) is 14.2 Å². The van der Waals surface area contributed by atoms with Crippen LogP contribution in [0.25, 0.3) is 0 Å². The van der Waals surface area contributed by atoms with Crippen LogP contribution in [0.15, 0.2) is 0 Å². The maximum absolute atomic E-state index is 13.4. The molecular formula is C21H32F12O6. The van der Waals surface area contributed by atoms with Crippen LogP contribution in [0, 0.1) is 11.3 Å². The van der Waals surface area contributed by atoms with E-state index in [1.807, 2.05) is 0 Å². The van der Waals surface area contributed by atoms with Crippen LogP contribution in [-0.4, -0.2) is 106 Å². The Labute approximate surface area is 216 Å². The van der Waals surface area contributed by atoms with E-state index >= 15 is 0 Å². The van der Waals surface area contributed by atoms with E-state index in [1.54, 1.807) is 0 Å². The lowest BCUT2D eigenvalue weighted by Crippen LogP contribution is -2.43. The predicted molar refractivity (Wildman–Crippen MR) is 110 cm³/mol. The number of hydrogen-bond donors (Lipinski definition) is 2. The molecule has 18 heteroatoms. The number of rotatable bonds is 21. The van der Waals surface area contributed by atoms with Gasteiger partial charge >= 0.3 is 18.3 Å². The van der Waals surface area contributed by atoms with Crippen molar-refractivity contribution in [2.75, 3.05) is 66.1 Å². The molecule has 0 fully saturated rings. The normalized spacial score (nSPS) is 16.4. The van der Waals surface area contributed by atoms with Crippen LogP contribution in [-0.2, 0) is 18.9 Å². The molecule has 236 valence electrons. The van der Waals surface area contributed by atoms with Crippen molar-refractivity contribution in [3.8, 4) is 0 Å². The first kappa shape index (κ1) is 37.9. The zero-order valence-corrected chi connectivity index (χ0v) is 20.8. The largest absolute Gasteiger partial charge is 0.453 e. The van der Waals surface area contributed by atoms with Crippen LogP contribution in [0.4, 0.5) is 52.7 Å². The smallest absolute Gasteiger partial charge is 0.396 e. The molecule has 0 spiro atoms. The van der Waals surface area contributed by atoms with Crippen molar-refractivity contribution < 1.29 is 81.8 Å². The van der Waals surface area contributed by atoms with Crippen LogP contribution in [0.2, 0.25) is 0 Å². The Balaban J connectivity index is 4.24. The summed E-state index contributed by atoms with van der Waals surface area (Å²) in [6, 6.07) is 0. The van der Waals surface area contributed by atoms with Gasteiger partial charge in [0.15, 0.2) is 0 Å². The van der Waals surface area contributed by atoms with Gasteiger partial charge < -0.3 is 29.2 Å². The Morgan fingerprint density at radius 3 is 1.62 bits per heavy atom. The van der Waals surface area contributed by atoms with Gasteiger partial charge in [0.1, 0.15) is 13.0 Å². The Bertz CT molecular complexity index is 675. The number of alkyl halides is 12. The highest BCUT2D eigenvalue weighted by Gasteiger charge is 2.61. The lowest BCUT2D eigenvalue weighted by atomic mass is 9.94. The number of hydrogen-bond acceptors (Lipinski definition) is 6. The predicted octanol–water partition coefficient (Wildman–Crippen LogP) is 4.86. The van der Waals surface area contributed by atoms with Crippen molar-refractivity contribution in [3.63, 3.8) is 0 Å². The third-order valence-electron chi connectivity index (χ3n) is 4.90. The minimum absolute atomic E-state index is 0.122. The summed E-state index contributed by atoms with van der Waals surface area (Å²) in [6.07, 6.45) is -17.5. The zero-order chi connectivity index (χ0) is 30.6. The first-order valence-corrected chi connectivity index (χ1v) is 11.4. The minimum atomic E-state index is -6.15. The van der Waals surface area contributed by atoms with E-state index in [2.05, 4.69) is 4.74 Å². The molecule has 0 saturated carbocycles. The second-order valence-electron chi connectivity index (χ2n) is 9.35. The molecule has 0 heterocycles. The summed E-state index contributed by atoms with van der Waals surface area (Å²) >= 11 is 0. The van der Waals surface area contributed by atoms with Gasteiger partial charge in [-0.25, -0.2) is 17.6 Å². The van der Waals surface area contributed by atoms with Crippen molar-refractivity contribution >= 4 is 0 Å². The van der Waals surface area contributed by atoms with Crippen molar-refractivity contribution in [3.05, 3.63) is 0 Å². The minimum Gasteiger partial charge on any atom is -0.396 e. The first-order chi connectivity index (χ1) is 17.6. The van der Waals surface area contributed by atoms with Gasteiger partial charge in [-0.3, -0.25) is 0 Å². The molecule has 0 aliphatic carbocycles. The average Bonchev–Trinajstić information content (AvgIpc) is 2.74. The SMILES string of the molecule is CC(CO)(COCCOCC(CO)COCC(F)(F)CC(F)(F)C(F)(F)F)COCCC(F)(F)CC(F)(F)F. The molecule has 0 saturated heterocycles. The average molecular weight is 608 g/mol. The van der Waals surface area contributed by atoms with Gasteiger partial charge in [-0.05, 0) is 0 Å². The summed E-state index contributed by atoms with van der Waals surface area (Å²) < 4.78 is 171. The Kier molecular flexibility index (Phi) is 15.4. The quantitative estimate of drug-likeness (QED) is 0.143. The van der Waals surface area contributed by atoms with Gasteiger partial charge in [0.05, 0.1) is 65.9 Å². The number of aliphatic hydroxyl groups excluding tert-OH is 2. The Morgan fingerprint density at radius 2 is 1.13 bits per heavy atom. The van der Waals surface area contributed by atoms with E-state index in [-0.39, 0.29) is 33.0 Å². The molecular weight excluding hydrogens is 576 g/mol. The molecule has 0 rings (SSSR count). The van der Waals surface area contributed by atoms with Gasteiger partial charge in [-0.15, -0.1) is 0 Å². The number of aliphatic hydroxyl groups is 2. The maximum atomic E-state index is 13.4. The summed E-state index contributed by atoms with van der Waals surface area (Å²) in [5, 5.41) is 18.7.